The molecule has 4 nitrogen and oxygen atoms in total. The first-order valence-electron chi connectivity index (χ1n) is 6.53. The number of rotatable bonds is 3. The van der Waals surface area contributed by atoms with Crippen LogP contribution in [0.1, 0.15) is 29.8 Å². The Morgan fingerprint density at radius 1 is 1.42 bits per heavy atom. The van der Waals surface area contributed by atoms with Crippen molar-refractivity contribution in [2.45, 2.75) is 32.5 Å². The number of benzene rings is 1. The molecule has 1 heterocycles. The first-order chi connectivity index (χ1) is 8.99. The van der Waals surface area contributed by atoms with Gasteiger partial charge in [0.15, 0.2) is 0 Å². The standard InChI is InChI=1S/C14H20ClN3O/c1-9-6-17-7-10(2)18(9)8-12-4-3-11(14(16)19)5-13(12)15/h3-5,9-10,17H,6-8H2,1-2H3,(H2,16,19). The van der Waals surface area contributed by atoms with E-state index in [0.717, 1.165) is 25.2 Å². The summed E-state index contributed by atoms with van der Waals surface area (Å²) in [7, 11) is 0. The summed E-state index contributed by atoms with van der Waals surface area (Å²) in [6, 6.07) is 6.22. The minimum absolute atomic E-state index is 0.447. The molecule has 0 radical (unpaired) electrons. The molecule has 2 atom stereocenters. The minimum Gasteiger partial charge on any atom is -0.366 e. The van der Waals surface area contributed by atoms with Gasteiger partial charge in [0.2, 0.25) is 5.91 Å². The highest BCUT2D eigenvalue weighted by atomic mass is 35.5. The van der Waals surface area contributed by atoms with E-state index in [-0.39, 0.29) is 0 Å². The molecule has 5 heteroatoms. The van der Waals surface area contributed by atoms with Gasteiger partial charge in [-0.1, -0.05) is 17.7 Å². The third-order valence-corrected chi connectivity index (χ3v) is 4.05. The smallest absolute Gasteiger partial charge is 0.248 e. The van der Waals surface area contributed by atoms with Crippen LogP contribution in [0.25, 0.3) is 0 Å². The molecule has 1 saturated heterocycles. The zero-order chi connectivity index (χ0) is 14.0. The molecule has 104 valence electrons. The predicted molar refractivity (Wildman–Crippen MR) is 77.3 cm³/mol. The lowest BCUT2D eigenvalue weighted by atomic mass is 10.1. The molecule has 1 fully saturated rings. The van der Waals surface area contributed by atoms with Crippen molar-refractivity contribution in [1.29, 1.82) is 0 Å². The Morgan fingerprint density at radius 2 is 2.05 bits per heavy atom. The Bertz CT molecular complexity index is 468. The lowest BCUT2D eigenvalue weighted by molar-refractivity contribution is 0.0999. The van der Waals surface area contributed by atoms with Gasteiger partial charge in [0.25, 0.3) is 0 Å². The minimum atomic E-state index is -0.447. The molecule has 0 bridgehead atoms. The van der Waals surface area contributed by atoms with Gasteiger partial charge in [-0.3, -0.25) is 9.69 Å². The molecule has 1 aromatic rings. The van der Waals surface area contributed by atoms with Gasteiger partial charge in [0.1, 0.15) is 0 Å². The van der Waals surface area contributed by atoms with E-state index in [1.807, 2.05) is 6.07 Å². The van der Waals surface area contributed by atoms with Gasteiger partial charge in [0, 0.05) is 42.3 Å². The van der Waals surface area contributed by atoms with Gasteiger partial charge >= 0.3 is 0 Å². The number of hydrogen-bond donors (Lipinski definition) is 2. The molecule has 3 N–H and O–H groups in total. The third-order valence-electron chi connectivity index (χ3n) is 3.70. The van der Waals surface area contributed by atoms with Crippen LogP contribution in [0.15, 0.2) is 18.2 Å². The number of carbonyl (C=O) groups is 1. The van der Waals surface area contributed by atoms with Crippen LogP contribution in [0, 0.1) is 0 Å². The van der Waals surface area contributed by atoms with Crippen molar-refractivity contribution in [3.63, 3.8) is 0 Å². The maximum atomic E-state index is 11.1. The SMILES string of the molecule is CC1CNCC(C)N1Cc1ccc(C(N)=O)cc1Cl. The molecule has 19 heavy (non-hydrogen) atoms. The van der Waals surface area contributed by atoms with E-state index < -0.39 is 5.91 Å². The van der Waals surface area contributed by atoms with E-state index >= 15 is 0 Å². The van der Waals surface area contributed by atoms with Crippen LogP contribution in [-0.4, -0.2) is 36.0 Å². The van der Waals surface area contributed by atoms with Crippen molar-refractivity contribution >= 4 is 17.5 Å². The van der Waals surface area contributed by atoms with Crippen molar-refractivity contribution in [1.82, 2.24) is 10.2 Å². The second-order valence-corrected chi connectivity index (χ2v) is 5.61. The summed E-state index contributed by atoms with van der Waals surface area (Å²) < 4.78 is 0. The van der Waals surface area contributed by atoms with E-state index in [0.29, 0.717) is 22.7 Å². The van der Waals surface area contributed by atoms with Crippen LogP contribution in [0.3, 0.4) is 0 Å². The first kappa shape index (κ1) is 14.3. The fourth-order valence-electron chi connectivity index (χ4n) is 2.51. The number of nitrogens with two attached hydrogens (primary N) is 1. The molecule has 0 aliphatic carbocycles. The highest BCUT2D eigenvalue weighted by Gasteiger charge is 2.24. The Labute approximate surface area is 118 Å². The van der Waals surface area contributed by atoms with E-state index in [9.17, 15) is 4.79 Å². The number of nitrogens with one attached hydrogen (secondary N) is 1. The molecule has 2 unspecified atom stereocenters. The summed E-state index contributed by atoms with van der Waals surface area (Å²) in [5, 5.41) is 4.01. The average molecular weight is 282 g/mol. The number of nitrogens with zero attached hydrogens (tertiary/aromatic N) is 1. The molecule has 1 aliphatic rings. The van der Waals surface area contributed by atoms with Crippen LogP contribution in [-0.2, 0) is 6.54 Å². The zero-order valence-corrected chi connectivity index (χ0v) is 12.1. The van der Waals surface area contributed by atoms with Crippen molar-refractivity contribution in [3.05, 3.63) is 34.3 Å². The van der Waals surface area contributed by atoms with Gasteiger partial charge in [-0.2, -0.15) is 0 Å². The second kappa shape index (κ2) is 5.90. The number of hydrogen-bond acceptors (Lipinski definition) is 3. The Balaban J connectivity index is 2.16. The van der Waals surface area contributed by atoms with E-state index in [1.54, 1.807) is 12.1 Å². The first-order valence-corrected chi connectivity index (χ1v) is 6.91. The Kier molecular flexibility index (Phi) is 4.45. The molecule has 0 saturated carbocycles. The summed E-state index contributed by atoms with van der Waals surface area (Å²) in [5.74, 6) is -0.447. The Morgan fingerprint density at radius 3 is 2.58 bits per heavy atom. The topological polar surface area (TPSA) is 58.4 Å². The van der Waals surface area contributed by atoms with Gasteiger partial charge < -0.3 is 11.1 Å². The average Bonchev–Trinajstić information content (AvgIpc) is 2.35. The Hall–Kier alpha value is -1.10. The van der Waals surface area contributed by atoms with Gasteiger partial charge in [-0.15, -0.1) is 0 Å². The van der Waals surface area contributed by atoms with Crippen molar-refractivity contribution in [3.8, 4) is 0 Å². The molecule has 1 aromatic carbocycles. The molecule has 1 amide bonds. The van der Waals surface area contributed by atoms with Crippen LogP contribution < -0.4 is 11.1 Å². The fraction of sp³-hybridized carbons (Fsp3) is 0.500. The van der Waals surface area contributed by atoms with Crippen molar-refractivity contribution < 1.29 is 4.79 Å². The summed E-state index contributed by atoms with van der Waals surface area (Å²) in [6.07, 6.45) is 0. The van der Waals surface area contributed by atoms with Crippen LogP contribution in [0.5, 0.6) is 0 Å². The molecular weight excluding hydrogens is 262 g/mol. The van der Waals surface area contributed by atoms with E-state index in [1.165, 1.54) is 0 Å². The number of amides is 1. The van der Waals surface area contributed by atoms with E-state index in [4.69, 9.17) is 17.3 Å². The summed E-state index contributed by atoms with van der Waals surface area (Å²) >= 11 is 6.24. The lowest BCUT2D eigenvalue weighted by Gasteiger charge is -2.39. The van der Waals surface area contributed by atoms with Crippen molar-refractivity contribution in [2.24, 2.45) is 5.73 Å². The molecule has 2 rings (SSSR count). The third kappa shape index (κ3) is 3.26. The molecule has 0 aromatic heterocycles. The normalized spacial score (nSPS) is 24.4. The molecule has 0 spiro atoms. The fourth-order valence-corrected chi connectivity index (χ4v) is 2.75. The van der Waals surface area contributed by atoms with Crippen LogP contribution in [0.4, 0.5) is 0 Å². The number of halogens is 1. The van der Waals surface area contributed by atoms with Gasteiger partial charge in [-0.25, -0.2) is 0 Å². The zero-order valence-electron chi connectivity index (χ0n) is 11.3. The predicted octanol–water partition coefficient (Wildman–Crippen LogP) is 1.62. The van der Waals surface area contributed by atoms with Crippen LogP contribution in [0.2, 0.25) is 5.02 Å². The monoisotopic (exact) mass is 281 g/mol. The number of carbonyl (C=O) groups excluding carboxylic acids is 1. The largest absolute Gasteiger partial charge is 0.366 e. The summed E-state index contributed by atoms with van der Waals surface area (Å²) in [4.78, 5) is 13.5. The van der Waals surface area contributed by atoms with Gasteiger partial charge in [0.05, 0.1) is 0 Å². The van der Waals surface area contributed by atoms with Crippen molar-refractivity contribution in [2.75, 3.05) is 13.1 Å². The van der Waals surface area contributed by atoms with Gasteiger partial charge in [-0.05, 0) is 31.5 Å². The quantitative estimate of drug-likeness (QED) is 0.885. The highest BCUT2D eigenvalue weighted by molar-refractivity contribution is 6.31. The maximum absolute atomic E-state index is 11.1. The number of primary amides is 1. The molecular formula is C14H20ClN3O. The second-order valence-electron chi connectivity index (χ2n) is 5.20. The van der Waals surface area contributed by atoms with Crippen LogP contribution >= 0.6 is 11.6 Å². The molecule has 1 aliphatic heterocycles. The summed E-state index contributed by atoms with van der Waals surface area (Å²) in [6.45, 7) is 7.17. The lowest BCUT2D eigenvalue weighted by Crippen LogP contribution is -2.54. The van der Waals surface area contributed by atoms with E-state index in [2.05, 4.69) is 24.1 Å². The maximum Gasteiger partial charge on any atom is 0.248 e. The number of piperazine rings is 1. The summed E-state index contributed by atoms with van der Waals surface area (Å²) in [5.41, 5.74) is 6.73. The highest BCUT2D eigenvalue weighted by Crippen LogP contribution is 2.22.